The third-order valence-corrected chi connectivity index (χ3v) is 6.81. The molecular weight excluding hydrogens is 272 g/mol. The van der Waals surface area contributed by atoms with Crippen molar-refractivity contribution < 1.29 is 0 Å². The highest BCUT2D eigenvalue weighted by Crippen LogP contribution is 2.84. The van der Waals surface area contributed by atoms with Gasteiger partial charge in [0.15, 0.2) is 11.1 Å². The van der Waals surface area contributed by atoms with Gasteiger partial charge in [0.05, 0.1) is 12.1 Å². The summed E-state index contributed by atoms with van der Waals surface area (Å²) < 4.78 is 0. The van der Waals surface area contributed by atoms with E-state index in [1.54, 1.807) is 0 Å². The maximum absolute atomic E-state index is 10.00. The van der Waals surface area contributed by atoms with E-state index in [-0.39, 0.29) is 34.5 Å². The van der Waals surface area contributed by atoms with Crippen LogP contribution in [0.15, 0.2) is 10.2 Å². The summed E-state index contributed by atoms with van der Waals surface area (Å²) in [5.41, 5.74) is -1.13. The lowest BCUT2D eigenvalue weighted by molar-refractivity contribution is 0.188. The molecule has 2 bridgehead atoms. The fraction of sp³-hybridized carbons (Fsp3) is 0.889. The van der Waals surface area contributed by atoms with Gasteiger partial charge >= 0.3 is 0 Å². The Balaban J connectivity index is 1.87. The second-order valence-electron chi connectivity index (χ2n) is 9.96. The highest BCUT2D eigenvalue weighted by atomic mass is 15.3. The molecule has 22 heavy (non-hydrogen) atoms. The molecule has 5 aliphatic rings. The third-order valence-electron chi connectivity index (χ3n) is 6.81. The molecule has 3 fully saturated rings. The van der Waals surface area contributed by atoms with Crippen LogP contribution in [0.4, 0.5) is 0 Å². The molecular formula is C18H24N4. The van der Waals surface area contributed by atoms with E-state index in [0.717, 1.165) is 0 Å². The fourth-order valence-corrected chi connectivity index (χ4v) is 6.19. The first-order valence-electron chi connectivity index (χ1n) is 8.33. The molecule has 0 aromatic carbocycles. The molecule has 4 heteroatoms. The standard InChI is InChI=1S/C18H24N4/c1-15(2,3)9-11-12(9)18(8-20)14-10(16(4,5)6)13(14)17(11,7-19)21-22-18/h9-14H,1-6H3/t9?,10?,11-,12+,13+,14-,17?,18?. The second-order valence-corrected chi connectivity index (χ2v) is 9.96. The Labute approximate surface area is 132 Å². The first-order valence-corrected chi connectivity index (χ1v) is 8.33. The van der Waals surface area contributed by atoms with Crippen molar-refractivity contribution in [1.29, 1.82) is 10.5 Å². The molecule has 0 aromatic heterocycles. The average Bonchev–Trinajstić information content (AvgIpc) is 3.26. The van der Waals surface area contributed by atoms with Crippen LogP contribution in [0.2, 0.25) is 0 Å². The minimum Gasteiger partial charge on any atom is -0.196 e. The zero-order chi connectivity index (χ0) is 16.3. The smallest absolute Gasteiger partial charge is 0.174 e. The van der Waals surface area contributed by atoms with Crippen LogP contribution in [-0.4, -0.2) is 11.1 Å². The van der Waals surface area contributed by atoms with Gasteiger partial charge in [0.1, 0.15) is 0 Å². The number of nitrogens with zero attached hydrogens (tertiary/aromatic N) is 4. The van der Waals surface area contributed by atoms with Gasteiger partial charge in [-0.1, -0.05) is 41.5 Å². The molecule has 3 aliphatic carbocycles. The largest absolute Gasteiger partial charge is 0.196 e. The number of rotatable bonds is 0. The summed E-state index contributed by atoms with van der Waals surface area (Å²) in [5.74, 6) is 1.67. The number of nitriles is 2. The van der Waals surface area contributed by atoms with Gasteiger partial charge in [-0.05, 0) is 22.7 Å². The Bertz CT molecular complexity index is 585. The molecule has 2 aliphatic heterocycles. The van der Waals surface area contributed by atoms with Crippen molar-refractivity contribution in [2.24, 2.45) is 56.6 Å². The normalized spacial score (nSPS) is 54.0. The van der Waals surface area contributed by atoms with Crippen molar-refractivity contribution in [3.05, 3.63) is 0 Å². The van der Waals surface area contributed by atoms with Crippen molar-refractivity contribution in [3.8, 4) is 12.1 Å². The van der Waals surface area contributed by atoms with E-state index in [2.05, 4.69) is 63.9 Å². The summed E-state index contributed by atoms with van der Waals surface area (Å²) in [5, 5.41) is 29.0. The first-order chi connectivity index (χ1) is 10.1. The van der Waals surface area contributed by atoms with E-state index in [1.165, 1.54) is 0 Å². The average molecular weight is 296 g/mol. The second kappa shape index (κ2) is 3.40. The summed E-state index contributed by atoms with van der Waals surface area (Å²) >= 11 is 0. The maximum Gasteiger partial charge on any atom is 0.174 e. The predicted octanol–water partition coefficient (Wildman–Crippen LogP) is 3.81. The molecule has 0 saturated heterocycles. The molecule has 0 radical (unpaired) electrons. The molecule has 4 unspecified atom stereocenters. The molecule has 0 aromatic rings. The van der Waals surface area contributed by atoms with Crippen LogP contribution >= 0.6 is 0 Å². The quantitative estimate of drug-likeness (QED) is 0.682. The topological polar surface area (TPSA) is 72.3 Å². The van der Waals surface area contributed by atoms with Crippen molar-refractivity contribution in [1.82, 2.24) is 0 Å². The van der Waals surface area contributed by atoms with Crippen molar-refractivity contribution >= 4 is 0 Å². The van der Waals surface area contributed by atoms with Gasteiger partial charge in [-0.25, -0.2) is 0 Å². The Morgan fingerprint density at radius 3 is 1.14 bits per heavy atom. The predicted molar refractivity (Wildman–Crippen MR) is 81.4 cm³/mol. The molecule has 2 heterocycles. The van der Waals surface area contributed by atoms with Crippen LogP contribution in [0, 0.1) is 69.0 Å². The first kappa shape index (κ1) is 14.2. The monoisotopic (exact) mass is 296 g/mol. The van der Waals surface area contributed by atoms with Crippen molar-refractivity contribution in [2.75, 3.05) is 0 Å². The zero-order valence-corrected chi connectivity index (χ0v) is 14.3. The fourth-order valence-electron chi connectivity index (χ4n) is 6.19. The minimum atomic E-state index is -0.663. The van der Waals surface area contributed by atoms with Crippen LogP contribution in [-0.2, 0) is 0 Å². The number of azo groups is 1. The van der Waals surface area contributed by atoms with E-state index >= 15 is 0 Å². The molecule has 0 spiro atoms. The minimum absolute atomic E-state index is 0.100. The van der Waals surface area contributed by atoms with E-state index in [0.29, 0.717) is 11.8 Å². The summed E-state index contributed by atoms with van der Waals surface area (Å²) in [6.45, 7) is 13.3. The summed E-state index contributed by atoms with van der Waals surface area (Å²) in [6.07, 6.45) is 0. The van der Waals surface area contributed by atoms with Crippen LogP contribution in [0.3, 0.4) is 0 Å². The van der Waals surface area contributed by atoms with E-state index in [9.17, 15) is 10.5 Å². The number of hydrogen-bond donors (Lipinski definition) is 0. The van der Waals surface area contributed by atoms with Gasteiger partial charge in [-0.2, -0.15) is 20.8 Å². The Kier molecular flexibility index (Phi) is 2.19. The van der Waals surface area contributed by atoms with Crippen LogP contribution in [0.1, 0.15) is 41.5 Å². The lowest BCUT2D eigenvalue weighted by atomic mass is 9.73. The van der Waals surface area contributed by atoms with Gasteiger partial charge in [0.25, 0.3) is 0 Å². The lowest BCUT2D eigenvalue weighted by Crippen LogP contribution is -2.48. The molecule has 4 nitrogen and oxygen atoms in total. The van der Waals surface area contributed by atoms with Crippen LogP contribution in [0.5, 0.6) is 0 Å². The Morgan fingerprint density at radius 2 is 0.955 bits per heavy atom. The summed E-state index contributed by atoms with van der Waals surface area (Å²) in [7, 11) is 0. The highest BCUT2D eigenvalue weighted by Gasteiger charge is 2.90. The molecule has 0 N–H and O–H groups in total. The van der Waals surface area contributed by atoms with Gasteiger partial charge in [0.2, 0.25) is 0 Å². The van der Waals surface area contributed by atoms with Crippen molar-refractivity contribution in [3.63, 3.8) is 0 Å². The summed E-state index contributed by atoms with van der Waals surface area (Å²) in [4.78, 5) is 0. The van der Waals surface area contributed by atoms with Gasteiger partial charge < -0.3 is 0 Å². The van der Waals surface area contributed by atoms with E-state index in [1.807, 2.05) is 0 Å². The molecule has 3 saturated carbocycles. The molecule has 0 amide bonds. The van der Waals surface area contributed by atoms with Gasteiger partial charge in [-0.3, -0.25) is 0 Å². The molecule has 8 atom stereocenters. The zero-order valence-electron chi connectivity index (χ0n) is 14.3. The lowest BCUT2D eigenvalue weighted by Gasteiger charge is -2.37. The van der Waals surface area contributed by atoms with E-state index in [4.69, 9.17) is 0 Å². The Hall–Kier alpha value is -1.42. The van der Waals surface area contributed by atoms with Gasteiger partial charge in [0, 0.05) is 23.7 Å². The Morgan fingerprint density at radius 1 is 0.682 bits per heavy atom. The number of hydrogen-bond acceptors (Lipinski definition) is 4. The molecule has 5 rings (SSSR count). The van der Waals surface area contributed by atoms with Crippen molar-refractivity contribution in [2.45, 2.75) is 52.6 Å². The van der Waals surface area contributed by atoms with E-state index < -0.39 is 11.1 Å². The van der Waals surface area contributed by atoms with Gasteiger partial charge in [-0.15, -0.1) is 0 Å². The summed E-state index contributed by atoms with van der Waals surface area (Å²) in [6, 6.07) is 5.13. The molecule has 116 valence electrons. The maximum atomic E-state index is 10.00. The third kappa shape index (κ3) is 1.26. The SMILES string of the molecule is CC(C)(C)C1[C@@H]2[C@H]1C1(C#N)N=NC2(C#N)[C@H]2C(C(C)(C)C)[C@H]21. The van der Waals surface area contributed by atoms with Crippen LogP contribution in [0.25, 0.3) is 0 Å². The van der Waals surface area contributed by atoms with Crippen LogP contribution < -0.4 is 0 Å². The highest BCUT2D eigenvalue weighted by molar-refractivity contribution is 5.47.